The van der Waals surface area contributed by atoms with Crippen molar-refractivity contribution < 1.29 is 17.4 Å². The average molecular weight is 381 g/mol. The Morgan fingerprint density at radius 3 is 2.04 bits per heavy atom. The van der Waals surface area contributed by atoms with E-state index < -0.39 is 10.1 Å². The molecule has 0 aliphatic carbocycles. The van der Waals surface area contributed by atoms with Gasteiger partial charge in [0, 0.05) is 12.1 Å². The average Bonchev–Trinajstić information content (AvgIpc) is 2.70. The molecule has 0 radical (unpaired) electrons. The maximum absolute atomic E-state index is 12.2. The van der Waals surface area contributed by atoms with Crippen LogP contribution in [0.25, 0.3) is 0 Å². The van der Waals surface area contributed by atoms with E-state index in [1.165, 1.54) is 24.3 Å². The molecule has 0 aromatic heterocycles. The highest BCUT2D eigenvalue weighted by atomic mass is 32.2. The summed E-state index contributed by atoms with van der Waals surface area (Å²) in [5.41, 5.74) is 1.58. The number of benzene rings is 3. The fraction of sp³-hybridized carbons (Fsp3) is 0.0952. The summed E-state index contributed by atoms with van der Waals surface area (Å²) >= 11 is 0. The predicted molar refractivity (Wildman–Crippen MR) is 103 cm³/mol. The monoisotopic (exact) mass is 381 g/mol. The molecule has 3 rings (SSSR count). The van der Waals surface area contributed by atoms with Gasteiger partial charge in [0.25, 0.3) is 0 Å². The van der Waals surface area contributed by atoms with Crippen molar-refractivity contribution in [1.82, 2.24) is 5.32 Å². The van der Waals surface area contributed by atoms with Crippen molar-refractivity contribution in [3.63, 3.8) is 0 Å². The summed E-state index contributed by atoms with van der Waals surface area (Å²) < 4.78 is 29.5. The smallest absolute Gasteiger partial charge is 0.339 e. The third-order valence-electron chi connectivity index (χ3n) is 3.87. The number of carbonyl (C=O) groups excluding carboxylic acids is 1. The lowest BCUT2D eigenvalue weighted by Gasteiger charge is -2.08. The summed E-state index contributed by atoms with van der Waals surface area (Å²) in [4.78, 5) is 12.3. The van der Waals surface area contributed by atoms with Gasteiger partial charge >= 0.3 is 10.1 Å². The van der Waals surface area contributed by atoms with Crippen LogP contribution >= 0.6 is 0 Å². The third kappa shape index (κ3) is 5.26. The zero-order chi connectivity index (χ0) is 19.1. The summed E-state index contributed by atoms with van der Waals surface area (Å²) in [6.45, 7) is 0.792. The van der Waals surface area contributed by atoms with Crippen LogP contribution in [0.15, 0.2) is 89.8 Å². The van der Waals surface area contributed by atoms with Crippen molar-refractivity contribution in [2.24, 2.45) is 0 Å². The molecule has 0 aliphatic heterocycles. The van der Waals surface area contributed by atoms with Gasteiger partial charge in [0.15, 0.2) is 5.78 Å². The van der Waals surface area contributed by atoms with Crippen LogP contribution in [0.5, 0.6) is 5.75 Å². The number of hydrogen-bond acceptors (Lipinski definition) is 5. The highest BCUT2D eigenvalue weighted by molar-refractivity contribution is 7.87. The Morgan fingerprint density at radius 2 is 1.41 bits per heavy atom. The number of ketones is 1. The molecule has 0 heterocycles. The van der Waals surface area contributed by atoms with Crippen LogP contribution in [-0.4, -0.2) is 20.7 Å². The highest BCUT2D eigenvalue weighted by Crippen LogP contribution is 2.19. The molecule has 6 heteroatoms. The summed E-state index contributed by atoms with van der Waals surface area (Å²) in [6.07, 6.45) is 0. The Hall–Kier alpha value is -2.96. The fourth-order valence-electron chi connectivity index (χ4n) is 2.48. The standard InChI is InChI=1S/C21H19NO4S/c23-21(16-22-15-17-7-3-1-4-8-17)18-11-13-19(14-12-18)26-27(24,25)20-9-5-2-6-10-20/h1-14,22H,15-16H2. The second-order valence-electron chi connectivity index (χ2n) is 5.89. The van der Waals surface area contributed by atoms with Crippen LogP contribution < -0.4 is 9.50 Å². The van der Waals surface area contributed by atoms with Gasteiger partial charge in [-0.05, 0) is 42.0 Å². The van der Waals surface area contributed by atoms with E-state index in [0.29, 0.717) is 12.1 Å². The Balaban J connectivity index is 1.57. The molecule has 0 saturated heterocycles. The van der Waals surface area contributed by atoms with Gasteiger partial charge in [-0.1, -0.05) is 48.5 Å². The summed E-state index contributed by atoms with van der Waals surface area (Å²) in [7, 11) is -3.89. The first-order valence-corrected chi connectivity index (χ1v) is 9.83. The molecule has 0 atom stereocenters. The van der Waals surface area contributed by atoms with Gasteiger partial charge in [-0.2, -0.15) is 8.42 Å². The quantitative estimate of drug-likeness (QED) is 0.478. The number of Topliss-reactive ketones (excluding diaryl/α,β-unsaturated/α-hetero) is 1. The maximum Gasteiger partial charge on any atom is 0.339 e. The molecule has 0 aliphatic rings. The Kier molecular flexibility index (Phi) is 6.01. The molecular weight excluding hydrogens is 362 g/mol. The molecule has 0 saturated carbocycles. The van der Waals surface area contributed by atoms with E-state index in [-0.39, 0.29) is 23.0 Å². The normalized spacial score (nSPS) is 11.1. The van der Waals surface area contributed by atoms with Crippen molar-refractivity contribution in [3.05, 3.63) is 96.1 Å². The van der Waals surface area contributed by atoms with Gasteiger partial charge in [-0.25, -0.2) is 0 Å². The maximum atomic E-state index is 12.2. The van der Waals surface area contributed by atoms with Gasteiger partial charge in [-0.15, -0.1) is 0 Å². The summed E-state index contributed by atoms with van der Waals surface area (Å²) in [5.74, 6) is 0.0797. The molecule has 3 aromatic carbocycles. The van der Waals surface area contributed by atoms with E-state index >= 15 is 0 Å². The molecule has 138 valence electrons. The number of rotatable bonds is 8. The first-order chi connectivity index (χ1) is 13.0. The molecule has 3 aromatic rings. The van der Waals surface area contributed by atoms with Gasteiger partial charge in [0.05, 0.1) is 6.54 Å². The van der Waals surface area contributed by atoms with Crippen LogP contribution in [0, 0.1) is 0 Å². The van der Waals surface area contributed by atoms with Gasteiger partial charge in [-0.3, -0.25) is 4.79 Å². The van der Waals surface area contributed by atoms with Crippen LogP contribution in [0.2, 0.25) is 0 Å². The van der Waals surface area contributed by atoms with Crippen molar-refractivity contribution in [2.45, 2.75) is 11.4 Å². The van der Waals surface area contributed by atoms with E-state index in [1.807, 2.05) is 30.3 Å². The molecule has 0 spiro atoms. The van der Waals surface area contributed by atoms with Crippen molar-refractivity contribution >= 4 is 15.9 Å². The minimum absolute atomic E-state index is 0.0789. The fourth-order valence-corrected chi connectivity index (χ4v) is 3.43. The molecule has 27 heavy (non-hydrogen) atoms. The van der Waals surface area contributed by atoms with Crippen molar-refractivity contribution in [1.29, 1.82) is 0 Å². The van der Waals surface area contributed by atoms with E-state index in [2.05, 4.69) is 5.32 Å². The van der Waals surface area contributed by atoms with E-state index in [9.17, 15) is 13.2 Å². The summed E-state index contributed by atoms with van der Waals surface area (Å²) in [5, 5.41) is 3.10. The van der Waals surface area contributed by atoms with Crippen LogP contribution in [0.3, 0.4) is 0 Å². The molecule has 0 bridgehead atoms. The number of carbonyl (C=O) groups is 1. The number of nitrogens with one attached hydrogen (secondary N) is 1. The Bertz CT molecular complexity index is 985. The van der Waals surface area contributed by atoms with Gasteiger partial charge in [0.1, 0.15) is 10.6 Å². The van der Waals surface area contributed by atoms with Crippen molar-refractivity contribution in [2.75, 3.05) is 6.54 Å². The predicted octanol–water partition coefficient (Wildman–Crippen LogP) is 3.43. The van der Waals surface area contributed by atoms with Gasteiger partial charge < -0.3 is 9.50 Å². The van der Waals surface area contributed by atoms with E-state index in [0.717, 1.165) is 5.56 Å². The lowest BCUT2D eigenvalue weighted by Crippen LogP contribution is -2.22. The molecule has 1 N–H and O–H groups in total. The topological polar surface area (TPSA) is 72.5 Å². The molecular formula is C21H19NO4S. The minimum Gasteiger partial charge on any atom is -0.379 e. The van der Waals surface area contributed by atoms with E-state index in [1.54, 1.807) is 30.3 Å². The van der Waals surface area contributed by atoms with Crippen LogP contribution in [0.1, 0.15) is 15.9 Å². The van der Waals surface area contributed by atoms with E-state index in [4.69, 9.17) is 4.18 Å². The molecule has 5 nitrogen and oxygen atoms in total. The summed E-state index contributed by atoms with van der Waals surface area (Å²) in [6, 6.07) is 23.8. The Labute approximate surface area is 158 Å². The zero-order valence-electron chi connectivity index (χ0n) is 14.5. The number of hydrogen-bond donors (Lipinski definition) is 1. The second-order valence-corrected chi connectivity index (χ2v) is 7.43. The Morgan fingerprint density at radius 1 is 0.815 bits per heavy atom. The van der Waals surface area contributed by atoms with Crippen LogP contribution in [-0.2, 0) is 16.7 Å². The lowest BCUT2D eigenvalue weighted by molar-refractivity contribution is 0.0991. The van der Waals surface area contributed by atoms with Gasteiger partial charge in [0.2, 0.25) is 0 Å². The first kappa shape index (κ1) is 18.8. The van der Waals surface area contributed by atoms with Crippen molar-refractivity contribution in [3.8, 4) is 5.75 Å². The highest BCUT2D eigenvalue weighted by Gasteiger charge is 2.16. The SMILES string of the molecule is O=C(CNCc1ccccc1)c1ccc(OS(=O)(=O)c2ccccc2)cc1. The first-order valence-electron chi connectivity index (χ1n) is 8.42. The zero-order valence-corrected chi connectivity index (χ0v) is 15.4. The van der Waals surface area contributed by atoms with Crippen LogP contribution in [0.4, 0.5) is 0 Å². The minimum atomic E-state index is -3.89. The molecule has 0 unspecified atom stereocenters. The third-order valence-corrected chi connectivity index (χ3v) is 5.13. The largest absolute Gasteiger partial charge is 0.379 e. The lowest BCUT2D eigenvalue weighted by atomic mass is 10.1. The molecule has 0 fully saturated rings. The second kappa shape index (κ2) is 8.62. The molecule has 0 amide bonds.